The quantitative estimate of drug-likeness (QED) is 0.705. The van der Waals surface area contributed by atoms with Crippen molar-refractivity contribution in [1.29, 1.82) is 0 Å². The fraction of sp³-hybridized carbons (Fsp3) is 0.727. The SMILES string of the molecule is C=C1[C@H](O)CC(=C/C=C2/CCC[C@]3(C)C(CC)CC[C@@]23C)C[C@H]1O. The minimum absolute atomic E-state index is 0.318. The predicted molar refractivity (Wildman–Crippen MR) is 99.6 cm³/mol. The van der Waals surface area contributed by atoms with Gasteiger partial charge in [0.25, 0.3) is 0 Å². The molecule has 0 aromatic heterocycles. The summed E-state index contributed by atoms with van der Waals surface area (Å²) in [6.07, 6.45) is 12.4. The highest BCUT2D eigenvalue weighted by atomic mass is 16.3. The van der Waals surface area contributed by atoms with E-state index in [1.54, 1.807) is 5.57 Å². The third kappa shape index (κ3) is 2.72. The van der Waals surface area contributed by atoms with Crippen LogP contribution >= 0.6 is 0 Å². The van der Waals surface area contributed by atoms with Gasteiger partial charge < -0.3 is 10.2 Å². The number of hydrogen-bond donors (Lipinski definition) is 2. The number of fused-ring (bicyclic) bond motifs is 1. The smallest absolute Gasteiger partial charge is 0.0809 e. The van der Waals surface area contributed by atoms with Gasteiger partial charge in [-0.1, -0.05) is 57.1 Å². The molecule has 0 amide bonds. The number of hydrogen-bond acceptors (Lipinski definition) is 2. The molecule has 0 radical (unpaired) electrons. The maximum atomic E-state index is 10.0. The van der Waals surface area contributed by atoms with Gasteiger partial charge in [-0.15, -0.1) is 0 Å². The van der Waals surface area contributed by atoms with E-state index in [4.69, 9.17) is 0 Å². The second-order valence-electron chi connectivity index (χ2n) is 8.78. The summed E-state index contributed by atoms with van der Waals surface area (Å²) in [7, 11) is 0. The highest BCUT2D eigenvalue weighted by molar-refractivity contribution is 5.32. The molecule has 0 aliphatic heterocycles. The van der Waals surface area contributed by atoms with Gasteiger partial charge in [0, 0.05) is 0 Å². The zero-order valence-corrected chi connectivity index (χ0v) is 15.6. The Morgan fingerprint density at radius 3 is 2.42 bits per heavy atom. The molecular weight excluding hydrogens is 296 g/mol. The summed E-state index contributed by atoms with van der Waals surface area (Å²) in [6.45, 7) is 11.2. The van der Waals surface area contributed by atoms with Crippen LogP contribution in [0.1, 0.15) is 72.1 Å². The Morgan fingerprint density at radius 2 is 1.79 bits per heavy atom. The summed E-state index contributed by atoms with van der Waals surface area (Å²) in [5, 5.41) is 20.1. The molecule has 3 aliphatic carbocycles. The van der Waals surface area contributed by atoms with Gasteiger partial charge in [-0.25, -0.2) is 0 Å². The molecule has 0 spiro atoms. The maximum absolute atomic E-state index is 10.0. The zero-order chi connectivity index (χ0) is 17.5. The van der Waals surface area contributed by atoms with Gasteiger partial charge in [0.15, 0.2) is 0 Å². The lowest BCUT2D eigenvalue weighted by Gasteiger charge is -2.50. The maximum Gasteiger partial charge on any atom is 0.0809 e. The van der Waals surface area contributed by atoms with Crippen molar-refractivity contribution in [1.82, 2.24) is 0 Å². The van der Waals surface area contributed by atoms with Gasteiger partial charge in [0.1, 0.15) is 0 Å². The van der Waals surface area contributed by atoms with Gasteiger partial charge in [-0.2, -0.15) is 0 Å². The Morgan fingerprint density at radius 1 is 1.12 bits per heavy atom. The van der Waals surface area contributed by atoms with E-state index in [0.29, 0.717) is 29.2 Å². The monoisotopic (exact) mass is 330 g/mol. The van der Waals surface area contributed by atoms with Crippen LogP contribution in [-0.2, 0) is 0 Å². The molecule has 0 aromatic rings. The van der Waals surface area contributed by atoms with E-state index in [-0.39, 0.29) is 0 Å². The van der Waals surface area contributed by atoms with Gasteiger partial charge in [0.05, 0.1) is 12.2 Å². The van der Waals surface area contributed by atoms with Gasteiger partial charge in [-0.3, -0.25) is 0 Å². The zero-order valence-electron chi connectivity index (χ0n) is 15.6. The van der Waals surface area contributed by atoms with Gasteiger partial charge in [-0.05, 0) is 67.3 Å². The highest BCUT2D eigenvalue weighted by Crippen LogP contribution is 2.65. The third-order valence-electron chi connectivity index (χ3n) is 7.79. The summed E-state index contributed by atoms with van der Waals surface area (Å²) in [5.41, 5.74) is 4.06. The van der Waals surface area contributed by atoms with E-state index in [1.807, 2.05) is 0 Å². The van der Waals surface area contributed by atoms with Crippen molar-refractivity contribution in [2.45, 2.75) is 84.3 Å². The Balaban J connectivity index is 1.85. The van der Waals surface area contributed by atoms with Crippen LogP contribution < -0.4 is 0 Å². The first kappa shape index (κ1) is 17.9. The van der Waals surface area contributed by atoms with Crippen molar-refractivity contribution < 1.29 is 10.2 Å². The van der Waals surface area contributed by atoms with E-state index in [9.17, 15) is 10.2 Å². The molecule has 0 aromatic carbocycles. The average molecular weight is 331 g/mol. The molecule has 2 nitrogen and oxygen atoms in total. The molecule has 3 aliphatic rings. The molecular formula is C22H34O2. The predicted octanol–water partition coefficient (Wildman–Crippen LogP) is 4.93. The van der Waals surface area contributed by atoms with E-state index >= 15 is 0 Å². The van der Waals surface area contributed by atoms with E-state index in [2.05, 4.69) is 39.5 Å². The Labute approximate surface area is 147 Å². The van der Waals surface area contributed by atoms with Crippen LogP contribution in [0.2, 0.25) is 0 Å². The molecule has 0 heterocycles. The molecule has 134 valence electrons. The molecule has 3 fully saturated rings. The summed E-state index contributed by atoms with van der Waals surface area (Å²) in [6, 6.07) is 0. The lowest BCUT2D eigenvalue weighted by atomic mass is 9.54. The third-order valence-corrected chi connectivity index (χ3v) is 7.79. The molecule has 3 saturated carbocycles. The Kier molecular flexibility index (Phi) is 4.83. The molecule has 2 N–H and O–H groups in total. The van der Waals surface area contributed by atoms with Crippen LogP contribution in [-0.4, -0.2) is 22.4 Å². The topological polar surface area (TPSA) is 40.5 Å². The minimum atomic E-state index is -0.596. The van der Waals surface area contributed by atoms with E-state index in [1.165, 1.54) is 38.5 Å². The van der Waals surface area contributed by atoms with Crippen molar-refractivity contribution in [3.8, 4) is 0 Å². The summed E-state index contributed by atoms with van der Waals surface area (Å²) in [4.78, 5) is 0. The van der Waals surface area contributed by atoms with Crippen LogP contribution in [0.4, 0.5) is 0 Å². The largest absolute Gasteiger partial charge is 0.388 e. The first-order chi connectivity index (χ1) is 11.3. The normalized spacial score (nSPS) is 44.7. The van der Waals surface area contributed by atoms with Gasteiger partial charge in [0.2, 0.25) is 0 Å². The minimum Gasteiger partial charge on any atom is -0.388 e. The fourth-order valence-corrected chi connectivity index (χ4v) is 5.79. The van der Waals surface area contributed by atoms with Crippen LogP contribution in [0.25, 0.3) is 0 Å². The highest BCUT2D eigenvalue weighted by Gasteiger charge is 2.56. The van der Waals surface area contributed by atoms with Crippen LogP contribution in [0.3, 0.4) is 0 Å². The van der Waals surface area contributed by atoms with E-state index in [0.717, 1.165) is 11.5 Å². The Hall–Kier alpha value is -0.860. The van der Waals surface area contributed by atoms with Crippen LogP contribution in [0.5, 0.6) is 0 Å². The summed E-state index contributed by atoms with van der Waals surface area (Å²) < 4.78 is 0. The van der Waals surface area contributed by atoms with Crippen molar-refractivity contribution in [3.05, 3.63) is 35.5 Å². The van der Waals surface area contributed by atoms with Crippen molar-refractivity contribution >= 4 is 0 Å². The van der Waals surface area contributed by atoms with Gasteiger partial charge >= 0.3 is 0 Å². The number of aliphatic hydroxyl groups excluding tert-OH is 2. The second kappa shape index (κ2) is 6.46. The summed E-state index contributed by atoms with van der Waals surface area (Å²) >= 11 is 0. The number of rotatable bonds is 2. The molecule has 2 heteroatoms. The number of aliphatic hydroxyl groups is 2. The fourth-order valence-electron chi connectivity index (χ4n) is 5.79. The molecule has 5 atom stereocenters. The van der Waals surface area contributed by atoms with Crippen LogP contribution in [0, 0.1) is 16.7 Å². The lowest BCUT2D eigenvalue weighted by molar-refractivity contribution is 0.0591. The summed E-state index contributed by atoms with van der Waals surface area (Å²) in [5.74, 6) is 0.848. The first-order valence-corrected chi connectivity index (χ1v) is 9.75. The Bertz CT molecular complexity index is 557. The van der Waals surface area contributed by atoms with Crippen molar-refractivity contribution in [3.63, 3.8) is 0 Å². The molecule has 0 bridgehead atoms. The molecule has 24 heavy (non-hydrogen) atoms. The molecule has 1 unspecified atom stereocenters. The average Bonchev–Trinajstić information content (AvgIpc) is 2.81. The molecule has 0 saturated heterocycles. The van der Waals surface area contributed by atoms with Crippen molar-refractivity contribution in [2.24, 2.45) is 16.7 Å². The van der Waals surface area contributed by atoms with E-state index < -0.39 is 12.2 Å². The van der Waals surface area contributed by atoms with Crippen molar-refractivity contribution in [2.75, 3.05) is 0 Å². The molecule has 3 rings (SSSR count). The second-order valence-corrected chi connectivity index (χ2v) is 8.78. The van der Waals surface area contributed by atoms with Crippen LogP contribution in [0.15, 0.2) is 35.5 Å². The standard InChI is InChI=1S/C22H34O2/c1-5-17-10-12-22(4)18(7-6-11-21(17,22)3)9-8-16-13-19(23)15(2)20(24)14-16/h8-9,17,19-20,23-24H,2,5-7,10-14H2,1,3-4H3/b18-9-/t17?,19-,20-,21-,22+/m1/s1. The lowest BCUT2D eigenvalue weighted by Crippen LogP contribution is -2.41. The number of allylic oxidation sites excluding steroid dienone is 3. The first-order valence-electron chi connectivity index (χ1n) is 9.75.